The van der Waals surface area contributed by atoms with Crippen molar-refractivity contribution in [3.8, 4) is 5.75 Å². The Kier molecular flexibility index (Phi) is 4.68. The second kappa shape index (κ2) is 6.87. The first-order valence-corrected chi connectivity index (χ1v) is 7.69. The Balaban J connectivity index is 1.76. The van der Waals surface area contributed by atoms with Gasteiger partial charge in [-0.15, -0.1) is 0 Å². The van der Waals surface area contributed by atoms with E-state index in [4.69, 9.17) is 14.5 Å². The number of pyridine rings is 1. The molecule has 1 saturated carbocycles. The van der Waals surface area contributed by atoms with Crippen LogP contribution in [-0.2, 0) is 11.3 Å². The topological polar surface area (TPSA) is 43.4 Å². The van der Waals surface area contributed by atoms with Gasteiger partial charge in [-0.25, -0.2) is 0 Å². The molecule has 0 aliphatic heterocycles. The van der Waals surface area contributed by atoms with Gasteiger partial charge in [-0.05, 0) is 31.9 Å². The zero-order valence-electron chi connectivity index (χ0n) is 12.5. The quantitative estimate of drug-likeness (QED) is 0.758. The summed E-state index contributed by atoms with van der Waals surface area (Å²) in [5, 5.41) is 4.56. The minimum absolute atomic E-state index is 0.567. The lowest BCUT2D eigenvalue weighted by Gasteiger charge is -2.12. The smallest absolute Gasteiger partial charge is 0.130 e. The number of rotatable bonds is 8. The highest BCUT2D eigenvalue weighted by molar-refractivity contribution is 5.85. The summed E-state index contributed by atoms with van der Waals surface area (Å²) < 4.78 is 11.2. The molecule has 3 rings (SSSR count). The van der Waals surface area contributed by atoms with Crippen molar-refractivity contribution in [3.63, 3.8) is 0 Å². The summed E-state index contributed by atoms with van der Waals surface area (Å²) >= 11 is 0. The number of benzene rings is 1. The van der Waals surface area contributed by atoms with Gasteiger partial charge < -0.3 is 14.8 Å². The number of aromatic nitrogens is 1. The third-order valence-corrected chi connectivity index (χ3v) is 3.57. The van der Waals surface area contributed by atoms with Gasteiger partial charge in [0.15, 0.2) is 0 Å². The molecule has 4 heteroatoms. The zero-order valence-corrected chi connectivity index (χ0v) is 12.5. The molecule has 1 heterocycles. The molecule has 4 nitrogen and oxygen atoms in total. The second-order valence-electron chi connectivity index (χ2n) is 5.33. The molecule has 1 N–H and O–H groups in total. The van der Waals surface area contributed by atoms with Gasteiger partial charge in [0.2, 0.25) is 0 Å². The molecule has 1 aliphatic carbocycles. The van der Waals surface area contributed by atoms with Crippen LogP contribution < -0.4 is 10.1 Å². The summed E-state index contributed by atoms with van der Waals surface area (Å²) in [7, 11) is 0. The van der Waals surface area contributed by atoms with Gasteiger partial charge in [0.1, 0.15) is 12.4 Å². The van der Waals surface area contributed by atoms with Gasteiger partial charge in [-0.1, -0.05) is 12.1 Å². The minimum Gasteiger partial charge on any atom is -0.490 e. The Labute approximate surface area is 125 Å². The number of fused-ring (bicyclic) bond motifs is 1. The van der Waals surface area contributed by atoms with Gasteiger partial charge in [-0.3, -0.25) is 4.98 Å². The van der Waals surface area contributed by atoms with E-state index in [9.17, 15) is 0 Å². The Bertz CT molecular complexity index is 596. The van der Waals surface area contributed by atoms with E-state index in [-0.39, 0.29) is 0 Å². The number of nitrogens with one attached hydrogen (secondary N) is 1. The summed E-state index contributed by atoms with van der Waals surface area (Å²) in [6, 6.07) is 10.8. The van der Waals surface area contributed by atoms with Crippen molar-refractivity contribution in [2.75, 3.05) is 19.8 Å². The summed E-state index contributed by atoms with van der Waals surface area (Å²) in [4.78, 5) is 4.71. The van der Waals surface area contributed by atoms with Crippen LogP contribution in [0.3, 0.4) is 0 Å². The maximum atomic E-state index is 5.89. The standard InChI is InChI=1S/C17H22N2O2/c1-2-20-9-10-21-17-11-14(12-18-13-7-8-13)19-16-6-4-3-5-15(16)17/h3-6,11,13,18H,2,7-10,12H2,1H3. The fourth-order valence-electron chi connectivity index (χ4n) is 2.30. The summed E-state index contributed by atoms with van der Waals surface area (Å²) in [6.07, 6.45) is 2.57. The number of nitrogens with zero attached hydrogens (tertiary/aromatic N) is 1. The van der Waals surface area contributed by atoms with Crippen LogP contribution >= 0.6 is 0 Å². The monoisotopic (exact) mass is 286 g/mol. The van der Waals surface area contributed by atoms with E-state index in [0.717, 1.165) is 35.5 Å². The highest BCUT2D eigenvalue weighted by atomic mass is 16.5. The van der Waals surface area contributed by atoms with Crippen LogP contribution in [0.1, 0.15) is 25.5 Å². The summed E-state index contributed by atoms with van der Waals surface area (Å²) in [5.41, 5.74) is 2.02. The SMILES string of the molecule is CCOCCOc1cc(CNC2CC2)nc2ccccc12. The number of hydrogen-bond donors (Lipinski definition) is 1. The Morgan fingerprint density at radius 2 is 2.10 bits per heavy atom. The molecule has 0 unspecified atom stereocenters. The predicted molar refractivity (Wildman–Crippen MR) is 83.6 cm³/mol. The Hall–Kier alpha value is -1.65. The van der Waals surface area contributed by atoms with Gasteiger partial charge in [0.05, 0.1) is 17.8 Å². The molecular weight excluding hydrogens is 264 g/mol. The van der Waals surface area contributed by atoms with E-state index in [1.54, 1.807) is 0 Å². The Morgan fingerprint density at radius 3 is 2.90 bits per heavy atom. The molecule has 0 bridgehead atoms. The van der Waals surface area contributed by atoms with Crippen molar-refractivity contribution in [3.05, 3.63) is 36.0 Å². The molecule has 0 amide bonds. The highest BCUT2D eigenvalue weighted by Gasteiger charge is 2.20. The lowest BCUT2D eigenvalue weighted by atomic mass is 10.2. The lowest BCUT2D eigenvalue weighted by molar-refractivity contribution is 0.110. The number of para-hydroxylation sites is 1. The fourth-order valence-corrected chi connectivity index (χ4v) is 2.30. The van der Waals surface area contributed by atoms with Crippen molar-refractivity contribution in [2.45, 2.75) is 32.4 Å². The van der Waals surface area contributed by atoms with Crippen molar-refractivity contribution in [1.29, 1.82) is 0 Å². The minimum atomic E-state index is 0.567. The average molecular weight is 286 g/mol. The van der Waals surface area contributed by atoms with E-state index in [2.05, 4.69) is 11.4 Å². The molecule has 0 spiro atoms. The molecule has 1 aliphatic rings. The molecule has 0 radical (unpaired) electrons. The van der Waals surface area contributed by atoms with Crippen molar-refractivity contribution < 1.29 is 9.47 Å². The van der Waals surface area contributed by atoms with Crippen LogP contribution in [0.25, 0.3) is 10.9 Å². The third-order valence-electron chi connectivity index (χ3n) is 3.57. The number of ether oxygens (including phenoxy) is 2. The third kappa shape index (κ3) is 3.93. The van der Waals surface area contributed by atoms with Gasteiger partial charge in [0.25, 0.3) is 0 Å². The van der Waals surface area contributed by atoms with Crippen molar-refractivity contribution in [1.82, 2.24) is 10.3 Å². The molecule has 1 aromatic heterocycles. The van der Waals surface area contributed by atoms with Crippen molar-refractivity contribution >= 4 is 10.9 Å². The van der Waals surface area contributed by atoms with Crippen LogP contribution in [0.5, 0.6) is 5.75 Å². The zero-order chi connectivity index (χ0) is 14.5. The highest BCUT2D eigenvalue weighted by Crippen LogP contribution is 2.26. The van der Waals surface area contributed by atoms with E-state index >= 15 is 0 Å². The molecule has 1 aromatic carbocycles. The summed E-state index contributed by atoms with van der Waals surface area (Å²) in [5.74, 6) is 0.896. The number of hydrogen-bond acceptors (Lipinski definition) is 4. The lowest BCUT2D eigenvalue weighted by Crippen LogP contribution is -2.16. The first kappa shape index (κ1) is 14.3. The van der Waals surface area contributed by atoms with E-state index < -0.39 is 0 Å². The second-order valence-corrected chi connectivity index (χ2v) is 5.33. The van der Waals surface area contributed by atoms with Crippen LogP contribution in [0.4, 0.5) is 0 Å². The van der Waals surface area contributed by atoms with Crippen LogP contribution in [0, 0.1) is 0 Å². The van der Waals surface area contributed by atoms with E-state index in [0.29, 0.717) is 19.3 Å². The fraction of sp³-hybridized carbons (Fsp3) is 0.471. The van der Waals surface area contributed by atoms with Gasteiger partial charge >= 0.3 is 0 Å². The van der Waals surface area contributed by atoms with E-state index in [1.165, 1.54) is 12.8 Å². The molecular formula is C17H22N2O2. The molecule has 2 aromatic rings. The molecule has 1 fully saturated rings. The first-order chi connectivity index (χ1) is 10.4. The first-order valence-electron chi connectivity index (χ1n) is 7.69. The van der Waals surface area contributed by atoms with Crippen LogP contribution in [-0.4, -0.2) is 30.8 Å². The van der Waals surface area contributed by atoms with E-state index in [1.807, 2.05) is 31.2 Å². The van der Waals surface area contributed by atoms with Gasteiger partial charge in [0, 0.05) is 30.6 Å². The summed E-state index contributed by atoms with van der Waals surface area (Å²) in [6.45, 7) is 4.69. The van der Waals surface area contributed by atoms with Crippen LogP contribution in [0.15, 0.2) is 30.3 Å². The average Bonchev–Trinajstić information content (AvgIpc) is 3.34. The van der Waals surface area contributed by atoms with Gasteiger partial charge in [-0.2, -0.15) is 0 Å². The predicted octanol–water partition coefficient (Wildman–Crippen LogP) is 2.90. The molecule has 0 saturated heterocycles. The maximum Gasteiger partial charge on any atom is 0.130 e. The molecule has 112 valence electrons. The molecule has 0 atom stereocenters. The largest absolute Gasteiger partial charge is 0.490 e. The molecule has 21 heavy (non-hydrogen) atoms. The normalized spacial score (nSPS) is 14.5. The van der Waals surface area contributed by atoms with Crippen LogP contribution in [0.2, 0.25) is 0 Å². The maximum absolute atomic E-state index is 5.89. The van der Waals surface area contributed by atoms with Crippen molar-refractivity contribution in [2.24, 2.45) is 0 Å². The Morgan fingerprint density at radius 1 is 1.24 bits per heavy atom.